The second-order valence-electron chi connectivity index (χ2n) is 8.75. The van der Waals surface area contributed by atoms with Gasteiger partial charge in [0.05, 0.1) is 0 Å². The minimum absolute atomic E-state index is 0.644. The van der Waals surface area contributed by atoms with Crippen LogP contribution in [0.3, 0.4) is 0 Å². The van der Waals surface area contributed by atoms with Gasteiger partial charge in [-0.3, -0.25) is 0 Å². The van der Waals surface area contributed by atoms with Crippen molar-refractivity contribution in [3.05, 3.63) is 0 Å². The van der Waals surface area contributed by atoms with E-state index < -0.39 is 0 Å². The van der Waals surface area contributed by atoms with E-state index in [9.17, 15) is 0 Å². The molecule has 0 aliphatic heterocycles. The zero-order valence-electron chi connectivity index (χ0n) is 17.9. The SMILES string of the molecule is CC(C)C(NCCCCNCCCNC(C(C)C)C(C)C)C(C)C. The van der Waals surface area contributed by atoms with E-state index >= 15 is 0 Å². The lowest BCUT2D eigenvalue weighted by Gasteiger charge is -2.26. The molecular weight excluding hydrogens is 294 g/mol. The van der Waals surface area contributed by atoms with Crippen molar-refractivity contribution in [2.45, 2.75) is 86.7 Å². The summed E-state index contributed by atoms with van der Waals surface area (Å²) in [5.74, 6) is 2.86. The third kappa shape index (κ3) is 11.4. The maximum Gasteiger partial charge on any atom is 0.0113 e. The lowest BCUT2D eigenvalue weighted by Crippen LogP contribution is -2.39. The van der Waals surface area contributed by atoms with Gasteiger partial charge < -0.3 is 16.0 Å². The van der Waals surface area contributed by atoms with Crippen molar-refractivity contribution in [1.82, 2.24) is 16.0 Å². The fraction of sp³-hybridized carbons (Fsp3) is 1.00. The summed E-state index contributed by atoms with van der Waals surface area (Å²) in [4.78, 5) is 0. The Morgan fingerprint density at radius 2 is 0.792 bits per heavy atom. The highest BCUT2D eigenvalue weighted by Gasteiger charge is 2.16. The van der Waals surface area contributed by atoms with Gasteiger partial charge in [0.1, 0.15) is 0 Å². The number of unbranched alkanes of at least 4 members (excludes halogenated alkanes) is 1. The quantitative estimate of drug-likeness (QED) is 0.389. The zero-order valence-corrected chi connectivity index (χ0v) is 17.9. The van der Waals surface area contributed by atoms with Gasteiger partial charge in [0.25, 0.3) is 0 Å². The van der Waals surface area contributed by atoms with Gasteiger partial charge in [-0.05, 0) is 69.1 Å². The van der Waals surface area contributed by atoms with E-state index in [1.807, 2.05) is 0 Å². The predicted octanol–water partition coefficient (Wildman–Crippen LogP) is 4.29. The predicted molar refractivity (Wildman–Crippen MR) is 110 cm³/mol. The molecule has 0 bridgehead atoms. The Kier molecular flexibility index (Phi) is 14.0. The number of hydrogen-bond donors (Lipinski definition) is 3. The molecular formula is C21H47N3. The molecule has 3 N–H and O–H groups in total. The monoisotopic (exact) mass is 341 g/mol. The number of nitrogens with one attached hydrogen (secondary N) is 3. The van der Waals surface area contributed by atoms with Gasteiger partial charge in [-0.2, -0.15) is 0 Å². The van der Waals surface area contributed by atoms with E-state index in [4.69, 9.17) is 0 Å². The topological polar surface area (TPSA) is 36.1 Å². The first-order chi connectivity index (χ1) is 11.3. The molecule has 0 aromatic heterocycles. The Hall–Kier alpha value is -0.120. The standard InChI is InChI=1S/C21H47N3/c1-16(2)20(17(3)4)23-14-10-9-12-22-13-11-15-24-21(18(5)6)19(7)8/h16-24H,9-15H2,1-8H3. The second-order valence-corrected chi connectivity index (χ2v) is 8.75. The van der Waals surface area contributed by atoms with E-state index in [0.717, 1.165) is 38.0 Å². The third-order valence-corrected chi connectivity index (χ3v) is 4.94. The Balaban J connectivity index is 3.52. The summed E-state index contributed by atoms with van der Waals surface area (Å²) >= 11 is 0. The summed E-state index contributed by atoms with van der Waals surface area (Å²) in [5, 5.41) is 11.0. The normalized spacial score (nSPS) is 12.8. The van der Waals surface area contributed by atoms with Gasteiger partial charge in [0.2, 0.25) is 0 Å². The number of rotatable bonds is 15. The van der Waals surface area contributed by atoms with Crippen LogP contribution in [0.5, 0.6) is 0 Å². The van der Waals surface area contributed by atoms with E-state index in [1.54, 1.807) is 0 Å². The molecule has 24 heavy (non-hydrogen) atoms. The van der Waals surface area contributed by atoms with Gasteiger partial charge in [-0.25, -0.2) is 0 Å². The highest BCUT2D eigenvalue weighted by atomic mass is 14.9. The molecule has 0 spiro atoms. The molecule has 0 fully saturated rings. The summed E-state index contributed by atoms with van der Waals surface area (Å²) in [7, 11) is 0. The van der Waals surface area contributed by atoms with Crippen LogP contribution < -0.4 is 16.0 Å². The Morgan fingerprint density at radius 1 is 0.458 bits per heavy atom. The van der Waals surface area contributed by atoms with E-state index in [2.05, 4.69) is 71.3 Å². The summed E-state index contributed by atoms with van der Waals surface area (Å²) in [5.41, 5.74) is 0. The molecule has 0 saturated carbocycles. The molecule has 0 rings (SSSR count). The Bertz CT molecular complexity index is 230. The largest absolute Gasteiger partial charge is 0.317 e. The maximum atomic E-state index is 3.73. The third-order valence-electron chi connectivity index (χ3n) is 4.94. The fourth-order valence-corrected chi connectivity index (χ4v) is 3.73. The molecule has 0 radical (unpaired) electrons. The smallest absolute Gasteiger partial charge is 0.0113 e. The van der Waals surface area contributed by atoms with Crippen LogP contribution in [0.1, 0.15) is 74.7 Å². The lowest BCUT2D eigenvalue weighted by molar-refractivity contribution is 0.311. The molecule has 146 valence electrons. The van der Waals surface area contributed by atoms with E-state index in [-0.39, 0.29) is 0 Å². The highest BCUT2D eigenvalue weighted by molar-refractivity contribution is 4.74. The molecule has 0 aliphatic carbocycles. The summed E-state index contributed by atoms with van der Waals surface area (Å²) < 4.78 is 0. The second kappa shape index (κ2) is 14.1. The van der Waals surface area contributed by atoms with Gasteiger partial charge in [0.15, 0.2) is 0 Å². The fourth-order valence-electron chi connectivity index (χ4n) is 3.73. The molecule has 0 heterocycles. The van der Waals surface area contributed by atoms with Crippen molar-refractivity contribution in [1.29, 1.82) is 0 Å². The van der Waals surface area contributed by atoms with Crippen LogP contribution in [-0.4, -0.2) is 38.3 Å². The Labute approximate surface area is 153 Å². The average Bonchev–Trinajstić information content (AvgIpc) is 2.46. The van der Waals surface area contributed by atoms with Gasteiger partial charge in [0, 0.05) is 12.1 Å². The molecule has 3 nitrogen and oxygen atoms in total. The molecule has 0 aromatic rings. The molecule has 0 aliphatic rings. The van der Waals surface area contributed by atoms with Gasteiger partial charge in [-0.1, -0.05) is 55.4 Å². The lowest BCUT2D eigenvalue weighted by atomic mass is 9.93. The van der Waals surface area contributed by atoms with E-state index in [0.29, 0.717) is 23.9 Å². The zero-order chi connectivity index (χ0) is 18.5. The first-order valence-corrected chi connectivity index (χ1v) is 10.4. The van der Waals surface area contributed by atoms with Crippen molar-refractivity contribution in [3.8, 4) is 0 Å². The van der Waals surface area contributed by atoms with E-state index in [1.165, 1.54) is 19.3 Å². The van der Waals surface area contributed by atoms with Crippen LogP contribution in [-0.2, 0) is 0 Å². The minimum atomic E-state index is 0.644. The number of hydrogen-bond acceptors (Lipinski definition) is 3. The van der Waals surface area contributed by atoms with Crippen molar-refractivity contribution in [3.63, 3.8) is 0 Å². The van der Waals surface area contributed by atoms with Crippen LogP contribution in [0.2, 0.25) is 0 Å². The van der Waals surface area contributed by atoms with Crippen LogP contribution in [0.4, 0.5) is 0 Å². The van der Waals surface area contributed by atoms with Crippen molar-refractivity contribution in [2.75, 3.05) is 26.2 Å². The van der Waals surface area contributed by atoms with Crippen molar-refractivity contribution >= 4 is 0 Å². The van der Waals surface area contributed by atoms with Gasteiger partial charge >= 0.3 is 0 Å². The summed E-state index contributed by atoms with van der Waals surface area (Å²) in [6.07, 6.45) is 3.75. The first kappa shape index (κ1) is 23.9. The minimum Gasteiger partial charge on any atom is -0.317 e. The highest BCUT2D eigenvalue weighted by Crippen LogP contribution is 2.12. The molecule has 0 saturated heterocycles. The van der Waals surface area contributed by atoms with Gasteiger partial charge in [-0.15, -0.1) is 0 Å². The molecule has 0 amide bonds. The van der Waals surface area contributed by atoms with Crippen LogP contribution in [0.15, 0.2) is 0 Å². The summed E-state index contributed by atoms with van der Waals surface area (Å²) in [6, 6.07) is 1.30. The van der Waals surface area contributed by atoms with Crippen LogP contribution in [0, 0.1) is 23.7 Å². The molecule has 3 heteroatoms. The van der Waals surface area contributed by atoms with Crippen molar-refractivity contribution in [2.24, 2.45) is 23.7 Å². The van der Waals surface area contributed by atoms with Crippen molar-refractivity contribution < 1.29 is 0 Å². The van der Waals surface area contributed by atoms with Crippen LogP contribution in [0.25, 0.3) is 0 Å². The summed E-state index contributed by atoms with van der Waals surface area (Å²) in [6.45, 7) is 23.1. The first-order valence-electron chi connectivity index (χ1n) is 10.4. The maximum absolute atomic E-state index is 3.73. The van der Waals surface area contributed by atoms with Crippen LogP contribution >= 0.6 is 0 Å². The molecule has 0 unspecified atom stereocenters. The average molecular weight is 342 g/mol. The molecule has 0 atom stereocenters. The Morgan fingerprint density at radius 3 is 1.21 bits per heavy atom. The molecule has 0 aromatic carbocycles.